The predicted octanol–water partition coefficient (Wildman–Crippen LogP) is 10.00. The third-order valence-electron chi connectivity index (χ3n) is 7.74. The molecule has 0 amide bonds. The molecule has 0 saturated carbocycles. The first-order valence-electron chi connectivity index (χ1n) is 15.9. The van der Waals surface area contributed by atoms with Crippen LogP contribution in [0.4, 0.5) is 0 Å². The summed E-state index contributed by atoms with van der Waals surface area (Å²) < 4.78 is 47.2. The van der Waals surface area contributed by atoms with E-state index < -0.39 is 15.2 Å². The number of unbranched alkanes of at least 4 members (excludes halogenated alkanes) is 6. The van der Waals surface area contributed by atoms with Crippen LogP contribution in [0.3, 0.4) is 0 Å². The Bertz CT molecular complexity index is 1140. The molecule has 0 N–H and O–H groups in total. The quantitative estimate of drug-likeness (QED) is 0.0837. The van der Waals surface area contributed by atoms with Gasteiger partial charge in [-0.05, 0) is 106 Å². The van der Waals surface area contributed by atoms with Crippen molar-refractivity contribution in [3.63, 3.8) is 0 Å². The van der Waals surface area contributed by atoms with Gasteiger partial charge in [0, 0.05) is 0 Å². The molecule has 0 heterocycles. The van der Waals surface area contributed by atoms with E-state index in [0.29, 0.717) is 38.8 Å². The molecule has 0 fully saturated rings. The fourth-order valence-electron chi connectivity index (χ4n) is 5.92. The average molecular weight is 607 g/mol. The molecule has 41 heavy (non-hydrogen) atoms. The highest BCUT2D eigenvalue weighted by molar-refractivity contribution is 7.54. The van der Waals surface area contributed by atoms with Crippen molar-refractivity contribution < 1.29 is 27.2 Å². The molecular formula is C33H52O6P2. The van der Waals surface area contributed by atoms with Gasteiger partial charge >= 0.3 is 15.2 Å². The minimum Gasteiger partial charge on any atom is -0.309 e. The van der Waals surface area contributed by atoms with Gasteiger partial charge < -0.3 is 18.1 Å². The topological polar surface area (TPSA) is 71.1 Å². The predicted molar refractivity (Wildman–Crippen MR) is 170 cm³/mol. The van der Waals surface area contributed by atoms with E-state index in [1.54, 1.807) is 0 Å². The summed E-state index contributed by atoms with van der Waals surface area (Å²) >= 11 is 0. The van der Waals surface area contributed by atoms with E-state index in [9.17, 15) is 9.13 Å². The zero-order valence-corrected chi connectivity index (χ0v) is 27.6. The summed E-state index contributed by atoms with van der Waals surface area (Å²) in [6.07, 6.45) is 12.4. The first kappa shape index (κ1) is 34.2. The molecule has 1 aliphatic rings. The van der Waals surface area contributed by atoms with Crippen LogP contribution in [-0.2, 0) is 46.5 Å². The van der Waals surface area contributed by atoms with E-state index in [0.717, 1.165) is 70.6 Å². The fraction of sp³-hybridized carbons (Fsp3) is 0.636. The molecule has 0 aromatic heterocycles. The highest BCUT2D eigenvalue weighted by atomic mass is 31.2. The Hall–Kier alpha value is -1.26. The standard InChI is InChI=1S/C33H52O6P2/c1-5-36-40(34,37-6-2)25-17-11-9-13-19-28-23-24-32-31-22-16-15-20-29(31)27-33(32)30(28)21-14-10-12-18-26-41(35,38-7-3)39-8-4/h15-16,20,22-24H,5-14,17-19,21,25-27H2,1-4H3. The average Bonchev–Trinajstić information content (AvgIpc) is 3.32. The molecule has 0 radical (unpaired) electrons. The summed E-state index contributed by atoms with van der Waals surface area (Å²) in [5.74, 6) is 0. The van der Waals surface area contributed by atoms with Crippen molar-refractivity contribution in [3.8, 4) is 11.1 Å². The summed E-state index contributed by atoms with van der Waals surface area (Å²) in [6.45, 7) is 9.13. The molecule has 6 nitrogen and oxygen atoms in total. The number of rotatable bonds is 22. The highest BCUT2D eigenvalue weighted by Crippen LogP contribution is 2.49. The Kier molecular flexibility index (Phi) is 14.8. The molecular weight excluding hydrogens is 554 g/mol. The van der Waals surface area contributed by atoms with Crippen LogP contribution in [0.2, 0.25) is 0 Å². The number of hydrogen-bond acceptors (Lipinski definition) is 6. The first-order valence-corrected chi connectivity index (χ1v) is 19.3. The van der Waals surface area contributed by atoms with Gasteiger partial charge in [0.05, 0.1) is 38.8 Å². The van der Waals surface area contributed by atoms with Crippen LogP contribution in [0.5, 0.6) is 0 Å². The molecule has 0 bridgehead atoms. The van der Waals surface area contributed by atoms with Gasteiger partial charge in [-0.1, -0.05) is 62.1 Å². The van der Waals surface area contributed by atoms with Crippen LogP contribution in [0.25, 0.3) is 11.1 Å². The summed E-state index contributed by atoms with van der Waals surface area (Å²) in [5, 5.41) is 0. The lowest BCUT2D eigenvalue weighted by atomic mass is 9.90. The number of hydrogen-bond donors (Lipinski definition) is 0. The van der Waals surface area contributed by atoms with E-state index in [2.05, 4.69) is 36.4 Å². The maximum atomic E-state index is 12.8. The Labute approximate surface area is 249 Å². The second-order valence-corrected chi connectivity index (χ2v) is 15.1. The van der Waals surface area contributed by atoms with Gasteiger partial charge in [-0.3, -0.25) is 9.13 Å². The lowest BCUT2D eigenvalue weighted by molar-refractivity contribution is 0.218. The van der Waals surface area contributed by atoms with Gasteiger partial charge in [0.25, 0.3) is 0 Å². The zero-order chi connectivity index (χ0) is 29.6. The summed E-state index contributed by atoms with van der Waals surface area (Å²) in [5.41, 5.74) is 8.72. The van der Waals surface area contributed by atoms with Crippen molar-refractivity contribution in [3.05, 3.63) is 58.7 Å². The molecule has 2 aromatic carbocycles. The molecule has 0 saturated heterocycles. The van der Waals surface area contributed by atoms with Crippen LogP contribution in [0.15, 0.2) is 36.4 Å². The summed E-state index contributed by atoms with van der Waals surface area (Å²) in [6, 6.07) is 13.5. The normalized spacial score (nSPS) is 13.0. The minimum atomic E-state index is -2.95. The van der Waals surface area contributed by atoms with E-state index in [-0.39, 0.29) is 0 Å². The number of benzene rings is 2. The van der Waals surface area contributed by atoms with Gasteiger partial charge in [0.15, 0.2) is 0 Å². The van der Waals surface area contributed by atoms with Crippen LogP contribution in [0.1, 0.15) is 101 Å². The maximum absolute atomic E-state index is 12.8. The van der Waals surface area contributed by atoms with E-state index in [1.165, 1.54) is 33.4 Å². The first-order chi connectivity index (χ1) is 19.9. The lowest BCUT2D eigenvalue weighted by Gasteiger charge is -2.17. The van der Waals surface area contributed by atoms with Crippen molar-refractivity contribution in [1.29, 1.82) is 0 Å². The van der Waals surface area contributed by atoms with Crippen LogP contribution < -0.4 is 0 Å². The summed E-state index contributed by atoms with van der Waals surface area (Å²) in [4.78, 5) is 0. The molecule has 1 aliphatic carbocycles. The Morgan fingerprint density at radius 3 is 1.66 bits per heavy atom. The molecule has 0 unspecified atom stereocenters. The van der Waals surface area contributed by atoms with Crippen molar-refractivity contribution >= 4 is 15.2 Å². The fourth-order valence-corrected chi connectivity index (χ4v) is 9.38. The smallest absolute Gasteiger partial charge is 0.309 e. The van der Waals surface area contributed by atoms with Crippen LogP contribution >= 0.6 is 15.2 Å². The van der Waals surface area contributed by atoms with E-state index in [1.807, 2.05) is 27.7 Å². The third-order valence-corrected chi connectivity index (χ3v) is 12.1. The van der Waals surface area contributed by atoms with Crippen molar-refractivity contribution in [2.45, 2.75) is 98.3 Å². The highest BCUT2D eigenvalue weighted by Gasteiger charge is 2.24. The SMILES string of the molecule is CCOP(=O)(CCCCCCc1ccc2c(c1CCCCCCP(=O)(OCC)OCC)Cc1ccccc1-2)OCC. The molecule has 0 atom stereocenters. The van der Waals surface area contributed by atoms with Crippen LogP contribution in [-0.4, -0.2) is 38.8 Å². The van der Waals surface area contributed by atoms with Gasteiger partial charge in [-0.25, -0.2) is 0 Å². The Morgan fingerprint density at radius 1 is 0.585 bits per heavy atom. The molecule has 0 spiro atoms. The van der Waals surface area contributed by atoms with Crippen molar-refractivity contribution in [2.24, 2.45) is 0 Å². The number of aryl methyl sites for hydroxylation is 1. The molecule has 230 valence electrons. The molecule has 0 aliphatic heterocycles. The molecule has 2 aromatic rings. The number of fused-ring (bicyclic) bond motifs is 3. The Morgan fingerprint density at radius 2 is 1.10 bits per heavy atom. The Balaban J connectivity index is 1.55. The van der Waals surface area contributed by atoms with Gasteiger partial charge in [0.2, 0.25) is 0 Å². The second-order valence-electron chi connectivity index (χ2n) is 10.7. The largest absolute Gasteiger partial charge is 0.330 e. The van der Waals surface area contributed by atoms with E-state index in [4.69, 9.17) is 18.1 Å². The van der Waals surface area contributed by atoms with Gasteiger partial charge in [-0.15, -0.1) is 0 Å². The third kappa shape index (κ3) is 10.4. The van der Waals surface area contributed by atoms with Crippen LogP contribution in [0, 0.1) is 0 Å². The van der Waals surface area contributed by atoms with Gasteiger partial charge in [0.1, 0.15) is 0 Å². The zero-order valence-electron chi connectivity index (χ0n) is 25.8. The van der Waals surface area contributed by atoms with Crippen molar-refractivity contribution in [1.82, 2.24) is 0 Å². The maximum Gasteiger partial charge on any atom is 0.330 e. The second kappa shape index (κ2) is 17.8. The van der Waals surface area contributed by atoms with Crippen molar-refractivity contribution in [2.75, 3.05) is 38.8 Å². The summed E-state index contributed by atoms with van der Waals surface area (Å²) in [7, 11) is -5.88. The molecule has 3 rings (SSSR count). The molecule has 8 heteroatoms. The lowest BCUT2D eigenvalue weighted by Crippen LogP contribution is -2.02. The van der Waals surface area contributed by atoms with E-state index >= 15 is 0 Å². The monoisotopic (exact) mass is 606 g/mol. The van der Waals surface area contributed by atoms with Gasteiger partial charge in [-0.2, -0.15) is 0 Å². The minimum absolute atomic E-state index is 0.420.